The zero-order valence-electron chi connectivity index (χ0n) is 10.4. The van der Waals surface area contributed by atoms with Crippen LogP contribution in [0.4, 0.5) is 13.2 Å². The Bertz CT molecular complexity index is 406. The van der Waals surface area contributed by atoms with Gasteiger partial charge in [0, 0.05) is 0 Å². The number of nitrogens with one attached hydrogen (secondary N) is 1. The van der Waals surface area contributed by atoms with Gasteiger partial charge in [0.05, 0.1) is 6.54 Å². The molecule has 0 aromatic heterocycles. The topological polar surface area (TPSA) is 49.3 Å². The summed E-state index contributed by atoms with van der Waals surface area (Å²) in [6, 6.07) is 7.89. The van der Waals surface area contributed by atoms with Crippen molar-refractivity contribution in [2.45, 2.75) is 31.5 Å². The second-order valence-corrected chi connectivity index (χ2v) is 4.43. The molecule has 1 rings (SSSR count). The van der Waals surface area contributed by atoms with Gasteiger partial charge >= 0.3 is 12.1 Å². The maximum atomic E-state index is 12.1. The van der Waals surface area contributed by atoms with Gasteiger partial charge in [0.25, 0.3) is 0 Å². The van der Waals surface area contributed by atoms with E-state index in [1.165, 1.54) is 0 Å². The Hall–Kier alpha value is -1.56. The molecule has 0 amide bonds. The van der Waals surface area contributed by atoms with Gasteiger partial charge in [-0.2, -0.15) is 13.2 Å². The van der Waals surface area contributed by atoms with Crippen molar-refractivity contribution in [3.05, 3.63) is 35.9 Å². The van der Waals surface area contributed by atoms with Gasteiger partial charge in [-0.25, -0.2) is 0 Å². The number of carboxylic acid groups (broad SMARTS) is 1. The van der Waals surface area contributed by atoms with Gasteiger partial charge in [-0.15, -0.1) is 0 Å². The Labute approximate surface area is 109 Å². The second kappa shape index (κ2) is 6.56. The molecule has 0 saturated carbocycles. The van der Waals surface area contributed by atoms with E-state index in [1.54, 1.807) is 6.92 Å². The molecule has 0 fully saturated rings. The van der Waals surface area contributed by atoms with Crippen molar-refractivity contribution in [2.75, 3.05) is 6.54 Å². The molecule has 2 atom stereocenters. The number of carboxylic acids is 1. The van der Waals surface area contributed by atoms with Crippen molar-refractivity contribution < 1.29 is 23.1 Å². The van der Waals surface area contributed by atoms with Crippen LogP contribution >= 0.6 is 0 Å². The third-order valence-corrected chi connectivity index (χ3v) is 2.80. The molecule has 0 aliphatic rings. The first-order chi connectivity index (χ1) is 8.79. The van der Waals surface area contributed by atoms with E-state index in [1.807, 2.05) is 35.6 Å². The summed E-state index contributed by atoms with van der Waals surface area (Å²) in [5.41, 5.74) is 0.905. The minimum Gasteiger partial charge on any atom is -0.480 e. The smallest absolute Gasteiger partial charge is 0.401 e. The van der Waals surface area contributed by atoms with Gasteiger partial charge in [0.1, 0.15) is 6.04 Å². The average Bonchev–Trinajstić information content (AvgIpc) is 2.33. The summed E-state index contributed by atoms with van der Waals surface area (Å²) >= 11 is 0. The van der Waals surface area contributed by atoms with Crippen molar-refractivity contribution in [1.82, 2.24) is 5.32 Å². The van der Waals surface area contributed by atoms with E-state index in [-0.39, 0.29) is 12.3 Å². The maximum Gasteiger partial charge on any atom is 0.401 e. The van der Waals surface area contributed by atoms with Gasteiger partial charge < -0.3 is 5.11 Å². The molecular formula is C13H16F3NO2. The fourth-order valence-electron chi connectivity index (χ4n) is 1.78. The molecule has 0 heterocycles. The third kappa shape index (κ3) is 5.74. The van der Waals surface area contributed by atoms with Crippen LogP contribution in [0.25, 0.3) is 0 Å². The van der Waals surface area contributed by atoms with E-state index in [4.69, 9.17) is 5.11 Å². The summed E-state index contributed by atoms with van der Waals surface area (Å²) in [5, 5.41) is 11.0. The lowest BCUT2D eigenvalue weighted by Gasteiger charge is -2.20. The monoisotopic (exact) mass is 275 g/mol. The predicted molar refractivity (Wildman–Crippen MR) is 65.0 cm³/mol. The molecule has 3 nitrogen and oxygen atoms in total. The molecule has 0 aliphatic heterocycles. The lowest BCUT2D eigenvalue weighted by molar-refractivity contribution is -0.143. The summed E-state index contributed by atoms with van der Waals surface area (Å²) < 4.78 is 36.3. The van der Waals surface area contributed by atoms with Crippen LogP contribution < -0.4 is 5.32 Å². The number of rotatable bonds is 6. The normalized spacial score (nSPS) is 14.9. The highest BCUT2D eigenvalue weighted by Crippen LogP contribution is 2.21. The maximum absolute atomic E-state index is 12.1. The number of hydrogen-bond acceptors (Lipinski definition) is 2. The van der Waals surface area contributed by atoms with Gasteiger partial charge in [-0.3, -0.25) is 10.1 Å². The van der Waals surface area contributed by atoms with Gasteiger partial charge in [0.2, 0.25) is 0 Å². The highest BCUT2D eigenvalue weighted by atomic mass is 19.4. The molecule has 0 bridgehead atoms. The van der Waals surface area contributed by atoms with E-state index < -0.39 is 24.7 Å². The molecule has 2 N–H and O–H groups in total. The highest BCUT2D eigenvalue weighted by molar-refractivity contribution is 5.73. The lowest BCUT2D eigenvalue weighted by atomic mass is 9.94. The Morgan fingerprint density at radius 3 is 2.37 bits per heavy atom. The van der Waals surface area contributed by atoms with Gasteiger partial charge in [-0.05, 0) is 17.9 Å². The summed E-state index contributed by atoms with van der Waals surface area (Å²) in [5.74, 6) is -1.41. The SMILES string of the molecule is CC(CC(NCC(F)(F)F)C(=O)O)c1ccccc1. The summed E-state index contributed by atoms with van der Waals surface area (Å²) in [7, 11) is 0. The van der Waals surface area contributed by atoms with Crippen LogP contribution in [-0.4, -0.2) is 29.8 Å². The third-order valence-electron chi connectivity index (χ3n) is 2.80. The summed E-state index contributed by atoms with van der Waals surface area (Å²) in [4.78, 5) is 11.0. The first-order valence-electron chi connectivity index (χ1n) is 5.87. The number of hydrogen-bond donors (Lipinski definition) is 2. The van der Waals surface area contributed by atoms with Crippen LogP contribution in [0.3, 0.4) is 0 Å². The lowest BCUT2D eigenvalue weighted by Crippen LogP contribution is -2.42. The van der Waals surface area contributed by atoms with Gasteiger partial charge in [0.15, 0.2) is 0 Å². The van der Waals surface area contributed by atoms with Crippen molar-refractivity contribution >= 4 is 5.97 Å². The van der Waals surface area contributed by atoms with Crippen LogP contribution in [0.5, 0.6) is 0 Å². The second-order valence-electron chi connectivity index (χ2n) is 4.43. The summed E-state index contributed by atoms with van der Waals surface area (Å²) in [6.45, 7) is 0.492. The molecule has 0 aliphatic carbocycles. The van der Waals surface area contributed by atoms with Crippen molar-refractivity contribution in [3.63, 3.8) is 0 Å². The van der Waals surface area contributed by atoms with Crippen LogP contribution in [0.15, 0.2) is 30.3 Å². The van der Waals surface area contributed by atoms with Crippen molar-refractivity contribution in [1.29, 1.82) is 0 Å². The molecular weight excluding hydrogens is 259 g/mol. The number of carbonyl (C=O) groups is 1. The first-order valence-corrected chi connectivity index (χ1v) is 5.87. The Balaban J connectivity index is 2.61. The van der Waals surface area contributed by atoms with E-state index >= 15 is 0 Å². The van der Waals surface area contributed by atoms with Crippen LogP contribution in [0, 0.1) is 0 Å². The summed E-state index contributed by atoms with van der Waals surface area (Å²) in [6.07, 6.45) is -4.31. The van der Waals surface area contributed by atoms with Crippen molar-refractivity contribution in [3.8, 4) is 0 Å². The number of alkyl halides is 3. The minimum absolute atomic E-state index is 0.107. The van der Waals surface area contributed by atoms with E-state index in [9.17, 15) is 18.0 Å². The van der Waals surface area contributed by atoms with Crippen LogP contribution in [0.2, 0.25) is 0 Å². The Morgan fingerprint density at radius 1 is 1.32 bits per heavy atom. The quantitative estimate of drug-likeness (QED) is 0.839. The van der Waals surface area contributed by atoms with Gasteiger partial charge in [-0.1, -0.05) is 37.3 Å². The Morgan fingerprint density at radius 2 is 1.89 bits per heavy atom. The Kier molecular flexibility index (Phi) is 5.35. The number of benzene rings is 1. The molecule has 6 heteroatoms. The van der Waals surface area contributed by atoms with Crippen LogP contribution in [0.1, 0.15) is 24.8 Å². The first kappa shape index (κ1) is 15.5. The number of aliphatic carboxylic acids is 1. The molecule has 2 unspecified atom stereocenters. The zero-order valence-corrected chi connectivity index (χ0v) is 10.4. The van der Waals surface area contributed by atoms with Crippen molar-refractivity contribution in [2.24, 2.45) is 0 Å². The standard InChI is InChI=1S/C13H16F3NO2/c1-9(10-5-3-2-4-6-10)7-11(12(18)19)17-8-13(14,15)16/h2-6,9,11,17H,7-8H2,1H3,(H,18,19). The fraction of sp³-hybridized carbons (Fsp3) is 0.462. The molecule has 106 valence electrons. The van der Waals surface area contributed by atoms with E-state index in [0.29, 0.717) is 0 Å². The molecule has 1 aromatic rings. The largest absolute Gasteiger partial charge is 0.480 e. The zero-order chi connectivity index (χ0) is 14.5. The van der Waals surface area contributed by atoms with Crippen LogP contribution in [-0.2, 0) is 4.79 Å². The molecule has 1 aromatic carbocycles. The minimum atomic E-state index is -4.41. The number of halogens is 3. The molecule has 0 saturated heterocycles. The van der Waals surface area contributed by atoms with E-state index in [0.717, 1.165) is 5.56 Å². The fourth-order valence-corrected chi connectivity index (χ4v) is 1.78. The highest BCUT2D eigenvalue weighted by Gasteiger charge is 2.30. The molecule has 19 heavy (non-hydrogen) atoms. The molecule has 0 spiro atoms. The average molecular weight is 275 g/mol. The predicted octanol–water partition coefficient (Wildman–Crippen LogP) is 2.79. The molecule has 0 radical (unpaired) electrons. The van der Waals surface area contributed by atoms with E-state index in [2.05, 4.69) is 0 Å².